The lowest BCUT2D eigenvalue weighted by Crippen LogP contribution is -2.41. The summed E-state index contributed by atoms with van der Waals surface area (Å²) in [4.78, 5) is 11.8. The van der Waals surface area contributed by atoms with E-state index in [1.54, 1.807) is 11.9 Å². The molecule has 1 aromatic rings. The molecule has 1 fully saturated rings. The van der Waals surface area contributed by atoms with Crippen LogP contribution in [0.1, 0.15) is 18.4 Å². The first-order valence-electron chi connectivity index (χ1n) is 6.58. The number of nitrogens with one attached hydrogen (secondary N) is 1. The molecule has 104 valence electrons. The molecule has 1 heterocycles. The van der Waals surface area contributed by atoms with E-state index in [0.29, 0.717) is 6.04 Å². The van der Waals surface area contributed by atoms with Gasteiger partial charge in [-0.15, -0.1) is 0 Å². The van der Waals surface area contributed by atoms with Crippen LogP contribution in [0.5, 0.6) is 0 Å². The predicted molar refractivity (Wildman–Crippen MR) is 77.3 cm³/mol. The second-order valence-corrected chi connectivity index (χ2v) is 6.05. The van der Waals surface area contributed by atoms with Gasteiger partial charge in [-0.2, -0.15) is 0 Å². The van der Waals surface area contributed by atoms with E-state index in [4.69, 9.17) is 5.11 Å². The molecule has 0 radical (unpaired) electrons. The number of carboxylic acid groups (broad SMARTS) is 1. The highest BCUT2D eigenvalue weighted by Crippen LogP contribution is 2.26. The van der Waals surface area contributed by atoms with E-state index >= 15 is 0 Å². The molecule has 0 bridgehead atoms. The number of hydrogen-bond donors (Lipinski definition) is 2. The van der Waals surface area contributed by atoms with E-state index in [1.165, 1.54) is 10.5 Å². The van der Waals surface area contributed by atoms with Crippen LogP contribution in [-0.2, 0) is 4.79 Å². The van der Waals surface area contributed by atoms with Crippen molar-refractivity contribution in [1.29, 1.82) is 0 Å². The Balaban J connectivity index is 1.74. The first kappa shape index (κ1) is 14.4. The molecule has 1 aliphatic rings. The van der Waals surface area contributed by atoms with Crippen LogP contribution in [0.2, 0.25) is 0 Å². The number of carboxylic acids is 1. The lowest BCUT2D eigenvalue weighted by molar-refractivity contribution is -0.136. The van der Waals surface area contributed by atoms with Gasteiger partial charge in [0.15, 0.2) is 0 Å². The van der Waals surface area contributed by atoms with Crippen LogP contribution in [0.25, 0.3) is 0 Å². The first-order valence-corrected chi connectivity index (χ1v) is 7.35. The van der Waals surface area contributed by atoms with Crippen LogP contribution >= 0.6 is 11.9 Å². The third kappa shape index (κ3) is 4.86. The Kier molecular flexibility index (Phi) is 5.24. The number of aliphatic carboxylic acids is 1. The first-order chi connectivity index (χ1) is 9.13. The maximum absolute atomic E-state index is 10.5. The van der Waals surface area contributed by atoms with Gasteiger partial charge in [0.05, 0.1) is 6.54 Å². The van der Waals surface area contributed by atoms with Crippen LogP contribution in [-0.4, -0.2) is 41.1 Å². The highest BCUT2D eigenvalue weighted by molar-refractivity contribution is 7.97. The van der Waals surface area contributed by atoms with Gasteiger partial charge in [0.25, 0.3) is 0 Å². The zero-order valence-corrected chi connectivity index (χ0v) is 11.9. The van der Waals surface area contributed by atoms with Gasteiger partial charge in [-0.3, -0.25) is 4.79 Å². The fourth-order valence-electron chi connectivity index (χ4n) is 2.13. The van der Waals surface area contributed by atoms with Crippen LogP contribution in [0.15, 0.2) is 29.2 Å². The molecule has 0 aliphatic carbocycles. The number of nitrogens with zero attached hydrogens (tertiary/aromatic N) is 1. The molecule has 2 rings (SSSR count). The van der Waals surface area contributed by atoms with Crippen molar-refractivity contribution in [3.63, 3.8) is 0 Å². The molecule has 1 aliphatic heterocycles. The fraction of sp³-hybridized carbons (Fsp3) is 0.500. The second kappa shape index (κ2) is 6.93. The SMILES string of the molecule is Cc1ccc(SN2CCC(NCC(=O)O)CC2)cc1. The van der Waals surface area contributed by atoms with Gasteiger partial charge in [-0.1, -0.05) is 17.7 Å². The number of carbonyl (C=O) groups is 1. The number of aryl methyl sites for hydroxylation is 1. The van der Waals surface area contributed by atoms with Crippen molar-refractivity contribution >= 4 is 17.9 Å². The smallest absolute Gasteiger partial charge is 0.317 e. The molecular formula is C14H20N2O2S. The van der Waals surface area contributed by atoms with Gasteiger partial charge in [-0.05, 0) is 43.8 Å². The molecule has 0 spiro atoms. The number of rotatable bonds is 5. The van der Waals surface area contributed by atoms with Crippen molar-refractivity contribution in [2.75, 3.05) is 19.6 Å². The normalized spacial score (nSPS) is 17.5. The van der Waals surface area contributed by atoms with E-state index in [1.807, 2.05) is 0 Å². The average Bonchev–Trinajstić information content (AvgIpc) is 2.40. The van der Waals surface area contributed by atoms with Gasteiger partial charge in [-0.25, -0.2) is 4.31 Å². The number of benzene rings is 1. The molecule has 1 aromatic carbocycles. The molecule has 0 unspecified atom stereocenters. The molecule has 19 heavy (non-hydrogen) atoms. The summed E-state index contributed by atoms with van der Waals surface area (Å²) in [5, 5.41) is 11.7. The molecule has 4 nitrogen and oxygen atoms in total. The largest absolute Gasteiger partial charge is 0.480 e. The molecule has 0 saturated carbocycles. The molecule has 0 aromatic heterocycles. The quantitative estimate of drug-likeness (QED) is 0.809. The van der Waals surface area contributed by atoms with Crippen LogP contribution < -0.4 is 5.32 Å². The van der Waals surface area contributed by atoms with E-state index in [2.05, 4.69) is 40.8 Å². The Bertz CT molecular complexity index is 414. The average molecular weight is 280 g/mol. The number of piperidine rings is 1. The second-order valence-electron chi connectivity index (χ2n) is 4.88. The Morgan fingerprint density at radius 1 is 1.37 bits per heavy atom. The maximum atomic E-state index is 10.5. The standard InChI is InChI=1S/C14H20N2O2S/c1-11-2-4-13(5-3-11)19-16-8-6-12(7-9-16)15-10-14(17)18/h2-5,12,15H,6-10H2,1H3,(H,17,18). The maximum Gasteiger partial charge on any atom is 0.317 e. The fourth-order valence-corrected chi connectivity index (χ4v) is 3.08. The van der Waals surface area contributed by atoms with Crippen molar-refractivity contribution in [3.05, 3.63) is 29.8 Å². The monoisotopic (exact) mass is 280 g/mol. The molecule has 5 heteroatoms. The summed E-state index contributed by atoms with van der Waals surface area (Å²) >= 11 is 1.79. The van der Waals surface area contributed by atoms with Crippen molar-refractivity contribution in [2.24, 2.45) is 0 Å². The summed E-state index contributed by atoms with van der Waals surface area (Å²) < 4.78 is 2.35. The lowest BCUT2D eigenvalue weighted by Gasteiger charge is -2.31. The van der Waals surface area contributed by atoms with Gasteiger partial charge in [0.2, 0.25) is 0 Å². The van der Waals surface area contributed by atoms with E-state index in [0.717, 1.165) is 25.9 Å². The highest BCUT2D eigenvalue weighted by atomic mass is 32.2. The van der Waals surface area contributed by atoms with Crippen molar-refractivity contribution < 1.29 is 9.90 Å². The summed E-state index contributed by atoms with van der Waals surface area (Å²) in [6, 6.07) is 8.89. The third-order valence-corrected chi connectivity index (χ3v) is 4.36. The summed E-state index contributed by atoms with van der Waals surface area (Å²) in [7, 11) is 0. The third-order valence-electron chi connectivity index (χ3n) is 3.25. The molecular weight excluding hydrogens is 260 g/mol. The Hall–Kier alpha value is -1.04. The summed E-state index contributed by atoms with van der Waals surface area (Å²) in [6.07, 6.45) is 2.01. The van der Waals surface area contributed by atoms with Crippen molar-refractivity contribution in [2.45, 2.75) is 30.7 Å². The van der Waals surface area contributed by atoms with E-state index < -0.39 is 5.97 Å². The minimum Gasteiger partial charge on any atom is -0.480 e. The van der Waals surface area contributed by atoms with Crippen molar-refractivity contribution in [3.8, 4) is 0 Å². The van der Waals surface area contributed by atoms with Crippen LogP contribution in [0.4, 0.5) is 0 Å². The van der Waals surface area contributed by atoms with E-state index in [-0.39, 0.29) is 6.54 Å². The van der Waals surface area contributed by atoms with Crippen LogP contribution in [0, 0.1) is 6.92 Å². The van der Waals surface area contributed by atoms with Crippen LogP contribution in [0.3, 0.4) is 0 Å². The molecule has 0 amide bonds. The summed E-state index contributed by atoms with van der Waals surface area (Å²) in [6.45, 7) is 4.15. The number of hydrogen-bond acceptors (Lipinski definition) is 4. The zero-order valence-electron chi connectivity index (χ0n) is 11.1. The minimum atomic E-state index is -0.781. The van der Waals surface area contributed by atoms with E-state index in [9.17, 15) is 4.79 Å². The van der Waals surface area contributed by atoms with Gasteiger partial charge < -0.3 is 10.4 Å². The zero-order chi connectivity index (χ0) is 13.7. The molecule has 0 atom stereocenters. The molecule has 1 saturated heterocycles. The lowest BCUT2D eigenvalue weighted by atomic mass is 10.1. The molecule has 2 N–H and O–H groups in total. The minimum absolute atomic E-state index is 0.0652. The van der Waals surface area contributed by atoms with Gasteiger partial charge in [0.1, 0.15) is 0 Å². The highest BCUT2D eigenvalue weighted by Gasteiger charge is 2.19. The Labute approximate surface area is 118 Å². The van der Waals surface area contributed by atoms with Gasteiger partial charge in [0, 0.05) is 24.0 Å². The van der Waals surface area contributed by atoms with Gasteiger partial charge >= 0.3 is 5.97 Å². The predicted octanol–water partition coefficient (Wildman–Crippen LogP) is 2.14. The van der Waals surface area contributed by atoms with Crippen molar-refractivity contribution in [1.82, 2.24) is 9.62 Å². The Morgan fingerprint density at radius 2 is 2.00 bits per heavy atom. The Morgan fingerprint density at radius 3 is 2.58 bits per heavy atom. The topological polar surface area (TPSA) is 52.6 Å². The summed E-state index contributed by atoms with van der Waals surface area (Å²) in [5.74, 6) is -0.781. The summed E-state index contributed by atoms with van der Waals surface area (Å²) in [5.41, 5.74) is 1.28.